The van der Waals surface area contributed by atoms with Crippen LogP contribution < -0.4 is 20.7 Å². The quantitative estimate of drug-likeness (QED) is 0.755. The first-order valence-electron chi connectivity index (χ1n) is 8.00. The zero-order chi connectivity index (χ0) is 17.4. The Morgan fingerprint density at radius 2 is 2.16 bits per heavy atom. The molecule has 25 heavy (non-hydrogen) atoms. The number of aromatic amines is 1. The summed E-state index contributed by atoms with van der Waals surface area (Å²) in [5.41, 5.74) is 6.05. The van der Waals surface area contributed by atoms with Crippen molar-refractivity contribution in [1.29, 1.82) is 0 Å². The van der Waals surface area contributed by atoms with Crippen molar-refractivity contribution in [1.82, 2.24) is 15.4 Å². The first-order valence-corrected chi connectivity index (χ1v) is 8.38. The van der Waals surface area contributed by atoms with Crippen LogP contribution >= 0.6 is 11.6 Å². The van der Waals surface area contributed by atoms with Gasteiger partial charge in [0.2, 0.25) is 0 Å². The summed E-state index contributed by atoms with van der Waals surface area (Å²) in [4.78, 5) is 19.7. The van der Waals surface area contributed by atoms with E-state index in [2.05, 4.69) is 21.5 Å². The van der Waals surface area contributed by atoms with Gasteiger partial charge in [-0.25, -0.2) is 10.4 Å². The number of hydrogen-bond acceptors (Lipinski definition) is 5. The number of anilines is 1. The number of hydrazine groups is 1. The van der Waals surface area contributed by atoms with E-state index in [0.717, 1.165) is 24.4 Å². The lowest BCUT2D eigenvalue weighted by Gasteiger charge is -2.31. The second-order valence-corrected chi connectivity index (χ2v) is 6.35. The number of rotatable bonds is 3. The Labute approximate surface area is 149 Å². The topological polar surface area (TPSA) is 70.2 Å². The summed E-state index contributed by atoms with van der Waals surface area (Å²) in [6, 6.07) is 11.1. The van der Waals surface area contributed by atoms with E-state index in [-0.39, 0.29) is 5.56 Å². The predicted octanol–water partition coefficient (Wildman–Crippen LogP) is 2.65. The molecule has 128 valence electrons. The maximum absolute atomic E-state index is 12.3. The number of nitrogens with one attached hydrogen (secondary N) is 2. The molecule has 1 aliphatic rings. The third-order valence-electron chi connectivity index (χ3n) is 4.30. The number of benzene rings is 2. The minimum absolute atomic E-state index is 0.189. The molecule has 0 amide bonds. The van der Waals surface area contributed by atoms with Crippen molar-refractivity contribution in [3.8, 4) is 5.75 Å². The molecule has 7 heteroatoms. The largest absolute Gasteiger partial charge is 0.497 e. The van der Waals surface area contributed by atoms with E-state index in [4.69, 9.17) is 16.3 Å². The molecular formula is C18H17ClN4O2. The highest BCUT2D eigenvalue weighted by atomic mass is 35.5. The number of aromatic nitrogens is 2. The fourth-order valence-electron chi connectivity index (χ4n) is 3.07. The van der Waals surface area contributed by atoms with Crippen LogP contribution in [0.3, 0.4) is 0 Å². The van der Waals surface area contributed by atoms with E-state index in [9.17, 15) is 4.79 Å². The smallest absolute Gasteiger partial charge is 0.258 e. The summed E-state index contributed by atoms with van der Waals surface area (Å²) < 4.78 is 5.33. The maximum Gasteiger partial charge on any atom is 0.258 e. The SMILES string of the molecule is COc1ccc2c(c1)N(Cc1nc3ccc(Cl)cc3c(=O)[nH]1)NCC2. The highest BCUT2D eigenvalue weighted by Gasteiger charge is 2.18. The molecule has 2 N–H and O–H groups in total. The van der Waals surface area contributed by atoms with Crippen LogP contribution in [-0.4, -0.2) is 23.6 Å². The van der Waals surface area contributed by atoms with Gasteiger partial charge in [-0.15, -0.1) is 0 Å². The molecule has 0 fully saturated rings. The molecule has 0 aliphatic carbocycles. The highest BCUT2D eigenvalue weighted by molar-refractivity contribution is 6.31. The average Bonchev–Trinajstić information content (AvgIpc) is 2.62. The fraction of sp³-hybridized carbons (Fsp3) is 0.222. The van der Waals surface area contributed by atoms with E-state index >= 15 is 0 Å². The minimum Gasteiger partial charge on any atom is -0.497 e. The van der Waals surface area contributed by atoms with Crippen molar-refractivity contribution in [2.45, 2.75) is 13.0 Å². The van der Waals surface area contributed by atoms with Gasteiger partial charge in [-0.1, -0.05) is 17.7 Å². The van der Waals surface area contributed by atoms with E-state index in [1.807, 2.05) is 17.1 Å². The molecule has 3 aromatic rings. The van der Waals surface area contributed by atoms with E-state index in [0.29, 0.717) is 28.3 Å². The molecule has 2 heterocycles. The van der Waals surface area contributed by atoms with Crippen molar-refractivity contribution in [2.75, 3.05) is 18.7 Å². The Balaban J connectivity index is 1.71. The molecule has 0 atom stereocenters. The van der Waals surface area contributed by atoms with Crippen molar-refractivity contribution >= 4 is 28.2 Å². The third kappa shape index (κ3) is 3.06. The van der Waals surface area contributed by atoms with Crippen molar-refractivity contribution in [2.24, 2.45) is 0 Å². The summed E-state index contributed by atoms with van der Waals surface area (Å²) in [5, 5.41) is 3.00. The normalized spacial score (nSPS) is 13.8. The van der Waals surface area contributed by atoms with Crippen molar-refractivity contribution in [3.05, 3.63) is 63.2 Å². The molecule has 0 bridgehead atoms. The Morgan fingerprint density at radius 3 is 3.00 bits per heavy atom. The van der Waals surface area contributed by atoms with Crippen molar-refractivity contribution in [3.63, 3.8) is 0 Å². The Bertz CT molecular complexity index is 1000. The van der Waals surface area contributed by atoms with Gasteiger partial charge in [0.05, 0.1) is 30.2 Å². The summed E-state index contributed by atoms with van der Waals surface area (Å²) >= 11 is 5.96. The van der Waals surface area contributed by atoms with Gasteiger partial charge in [0.1, 0.15) is 11.6 Å². The Kier molecular flexibility index (Phi) is 4.07. The van der Waals surface area contributed by atoms with Gasteiger partial charge in [0.15, 0.2) is 0 Å². The maximum atomic E-state index is 12.3. The lowest BCUT2D eigenvalue weighted by Crippen LogP contribution is -2.43. The summed E-state index contributed by atoms with van der Waals surface area (Å²) in [7, 11) is 1.65. The van der Waals surface area contributed by atoms with Crippen LogP contribution in [0.2, 0.25) is 5.02 Å². The van der Waals surface area contributed by atoms with Crippen LogP contribution in [0.4, 0.5) is 5.69 Å². The number of H-pyrrole nitrogens is 1. The molecular weight excluding hydrogens is 340 g/mol. The molecule has 0 saturated heterocycles. The second kappa shape index (κ2) is 6.38. The van der Waals surface area contributed by atoms with Gasteiger partial charge in [0, 0.05) is 17.6 Å². The number of hydrogen-bond donors (Lipinski definition) is 2. The zero-order valence-corrected chi connectivity index (χ0v) is 14.4. The van der Waals surface area contributed by atoms with Gasteiger partial charge in [-0.3, -0.25) is 4.79 Å². The van der Waals surface area contributed by atoms with Gasteiger partial charge in [0.25, 0.3) is 5.56 Å². The number of ether oxygens (including phenoxy) is 1. The third-order valence-corrected chi connectivity index (χ3v) is 4.54. The van der Waals surface area contributed by atoms with Gasteiger partial charge in [-0.2, -0.15) is 0 Å². The molecule has 0 spiro atoms. The summed E-state index contributed by atoms with van der Waals surface area (Å²) in [6.45, 7) is 1.26. The Morgan fingerprint density at radius 1 is 1.28 bits per heavy atom. The fourth-order valence-corrected chi connectivity index (χ4v) is 3.24. The molecule has 2 aromatic carbocycles. The standard InChI is InChI=1S/C18H17ClN4O2/c1-25-13-4-2-11-6-7-20-23(16(11)9-13)10-17-21-15-5-3-12(19)8-14(15)18(24)22-17/h2-5,8-9,20H,6-7,10H2,1H3,(H,21,22,24). The highest BCUT2D eigenvalue weighted by Crippen LogP contribution is 2.28. The van der Waals surface area contributed by atoms with Crippen molar-refractivity contribution < 1.29 is 4.74 Å². The molecule has 0 unspecified atom stereocenters. The molecule has 0 saturated carbocycles. The van der Waals surface area contributed by atoms with Gasteiger partial charge in [-0.05, 0) is 36.2 Å². The summed E-state index contributed by atoms with van der Waals surface area (Å²) in [6.07, 6.45) is 0.940. The van der Waals surface area contributed by atoms with Crippen LogP contribution in [0.5, 0.6) is 5.75 Å². The molecule has 1 aromatic heterocycles. The van der Waals surface area contributed by atoms with Crippen LogP contribution in [0.15, 0.2) is 41.2 Å². The number of fused-ring (bicyclic) bond motifs is 2. The first kappa shape index (κ1) is 15.9. The zero-order valence-electron chi connectivity index (χ0n) is 13.7. The van der Waals surface area contributed by atoms with E-state index in [1.54, 1.807) is 25.3 Å². The average molecular weight is 357 g/mol. The first-order chi connectivity index (χ1) is 12.1. The molecule has 4 rings (SSSR count). The second-order valence-electron chi connectivity index (χ2n) is 5.91. The number of methoxy groups -OCH3 is 1. The number of halogens is 1. The van der Waals surface area contributed by atoms with E-state index < -0.39 is 0 Å². The molecule has 0 radical (unpaired) electrons. The molecule has 1 aliphatic heterocycles. The monoisotopic (exact) mass is 356 g/mol. The van der Waals surface area contributed by atoms with Gasteiger partial charge >= 0.3 is 0 Å². The summed E-state index contributed by atoms with van der Waals surface area (Å²) in [5.74, 6) is 1.38. The molecule has 6 nitrogen and oxygen atoms in total. The number of nitrogens with zero attached hydrogens (tertiary/aromatic N) is 2. The Hall–Kier alpha value is -2.57. The minimum atomic E-state index is -0.189. The van der Waals surface area contributed by atoms with Crippen LogP contribution in [0.1, 0.15) is 11.4 Å². The van der Waals surface area contributed by atoms with Crippen LogP contribution in [-0.2, 0) is 13.0 Å². The van der Waals surface area contributed by atoms with Crippen LogP contribution in [0.25, 0.3) is 10.9 Å². The lowest BCUT2D eigenvalue weighted by atomic mass is 10.1. The van der Waals surface area contributed by atoms with Gasteiger partial charge < -0.3 is 14.7 Å². The van der Waals surface area contributed by atoms with E-state index in [1.165, 1.54) is 5.56 Å². The lowest BCUT2D eigenvalue weighted by molar-refractivity contribution is 0.414. The predicted molar refractivity (Wildman–Crippen MR) is 98.3 cm³/mol. The van der Waals surface area contributed by atoms with Crippen LogP contribution in [0, 0.1) is 0 Å².